The monoisotopic (exact) mass is 330 g/mol. The van der Waals surface area contributed by atoms with Crippen LogP contribution < -0.4 is 0 Å². The zero-order valence-electron chi connectivity index (χ0n) is 13.6. The predicted molar refractivity (Wildman–Crippen MR) is 86.9 cm³/mol. The summed E-state index contributed by atoms with van der Waals surface area (Å²) in [7, 11) is 0. The zero-order chi connectivity index (χ0) is 17.1. The molecule has 0 saturated carbocycles. The van der Waals surface area contributed by atoms with Crippen LogP contribution in [-0.2, 0) is 20.9 Å². The summed E-state index contributed by atoms with van der Waals surface area (Å²) >= 11 is 0. The Morgan fingerprint density at radius 2 is 1.88 bits per heavy atom. The minimum Gasteiger partial charge on any atom is -0.481 e. The molecular weight excluding hydrogens is 308 g/mol. The van der Waals surface area contributed by atoms with Crippen molar-refractivity contribution in [2.75, 3.05) is 19.6 Å². The highest BCUT2D eigenvalue weighted by atomic mass is 16.4. The van der Waals surface area contributed by atoms with Crippen LogP contribution in [0.25, 0.3) is 0 Å². The highest BCUT2D eigenvalue weighted by Crippen LogP contribution is 2.25. The summed E-state index contributed by atoms with van der Waals surface area (Å²) in [5.41, 5.74) is 1.04. The van der Waals surface area contributed by atoms with Crippen molar-refractivity contribution in [1.29, 1.82) is 0 Å². The van der Waals surface area contributed by atoms with Gasteiger partial charge >= 0.3 is 5.97 Å². The van der Waals surface area contributed by atoms with Crippen LogP contribution in [0.4, 0.5) is 0 Å². The standard InChI is InChI=1S/C18H22N2O4/c21-16-9-15(12-20(16)10-13-5-2-1-3-6-13)17(22)19-8-4-7-14(11-19)18(23)24/h1-3,5-6,14-15H,4,7-12H2,(H,23,24). The van der Waals surface area contributed by atoms with Gasteiger partial charge in [0, 0.05) is 32.6 Å². The van der Waals surface area contributed by atoms with E-state index in [1.54, 1.807) is 9.80 Å². The maximum Gasteiger partial charge on any atom is 0.308 e. The minimum absolute atomic E-state index is 0.0102. The lowest BCUT2D eigenvalue weighted by molar-refractivity contribution is -0.146. The van der Waals surface area contributed by atoms with Crippen molar-refractivity contribution in [3.8, 4) is 0 Å². The molecule has 6 nitrogen and oxygen atoms in total. The molecule has 2 saturated heterocycles. The molecule has 1 N–H and O–H groups in total. The van der Waals surface area contributed by atoms with Crippen molar-refractivity contribution >= 4 is 17.8 Å². The maximum atomic E-state index is 12.7. The van der Waals surface area contributed by atoms with E-state index >= 15 is 0 Å². The van der Waals surface area contributed by atoms with Gasteiger partial charge in [0.05, 0.1) is 11.8 Å². The van der Waals surface area contributed by atoms with Crippen LogP contribution in [0, 0.1) is 11.8 Å². The molecule has 2 fully saturated rings. The van der Waals surface area contributed by atoms with Gasteiger partial charge in [-0.1, -0.05) is 30.3 Å². The fourth-order valence-corrected chi connectivity index (χ4v) is 3.53. The Bertz CT molecular complexity index is 631. The Morgan fingerprint density at radius 1 is 1.12 bits per heavy atom. The van der Waals surface area contributed by atoms with Crippen molar-refractivity contribution in [1.82, 2.24) is 9.80 Å². The summed E-state index contributed by atoms with van der Waals surface area (Å²) < 4.78 is 0. The molecule has 6 heteroatoms. The largest absolute Gasteiger partial charge is 0.481 e. The van der Waals surface area contributed by atoms with Crippen LogP contribution in [-0.4, -0.2) is 52.3 Å². The average molecular weight is 330 g/mol. The topological polar surface area (TPSA) is 77.9 Å². The number of carboxylic acid groups (broad SMARTS) is 1. The number of carboxylic acids is 1. The normalized spacial score (nSPS) is 24.2. The molecular formula is C18H22N2O4. The molecule has 3 rings (SSSR count). The maximum absolute atomic E-state index is 12.7. The Hall–Kier alpha value is -2.37. The number of benzene rings is 1. The van der Waals surface area contributed by atoms with E-state index in [0.29, 0.717) is 32.5 Å². The number of rotatable bonds is 4. The zero-order valence-corrected chi connectivity index (χ0v) is 13.6. The predicted octanol–water partition coefficient (Wildman–Crippen LogP) is 1.36. The summed E-state index contributed by atoms with van der Waals surface area (Å²) in [5, 5.41) is 9.15. The molecule has 2 aliphatic rings. The second-order valence-electron chi connectivity index (χ2n) is 6.62. The van der Waals surface area contributed by atoms with Crippen LogP contribution in [0.3, 0.4) is 0 Å². The quantitative estimate of drug-likeness (QED) is 0.904. The molecule has 24 heavy (non-hydrogen) atoms. The SMILES string of the molecule is O=C(O)C1CCCN(C(=O)C2CC(=O)N(Cc3ccccc3)C2)C1. The van der Waals surface area contributed by atoms with Gasteiger partial charge in [-0.3, -0.25) is 14.4 Å². The van der Waals surface area contributed by atoms with E-state index in [9.17, 15) is 14.4 Å². The molecule has 2 atom stereocenters. The first-order valence-corrected chi connectivity index (χ1v) is 8.38. The summed E-state index contributed by atoms with van der Waals surface area (Å²) in [6.07, 6.45) is 1.54. The van der Waals surface area contributed by atoms with Crippen molar-refractivity contribution in [3.63, 3.8) is 0 Å². The number of aliphatic carboxylic acids is 1. The van der Waals surface area contributed by atoms with Gasteiger partial charge in [-0.2, -0.15) is 0 Å². The lowest BCUT2D eigenvalue weighted by Gasteiger charge is -2.32. The lowest BCUT2D eigenvalue weighted by Crippen LogP contribution is -2.45. The molecule has 1 aromatic carbocycles. The average Bonchev–Trinajstić information content (AvgIpc) is 2.96. The Kier molecular flexibility index (Phi) is 4.83. The lowest BCUT2D eigenvalue weighted by atomic mass is 9.96. The number of nitrogens with zero attached hydrogens (tertiary/aromatic N) is 2. The molecule has 2 unspecified atom stereocenters. The number of hydrogen-bond acceptors (Lipinski definition) is 3. The second kappa shape index (κ2) is 7.03. The van der Waals surface area contributed by atoms with Gasteiger partial charge in [-0.25, -0.2) is 0 Å². The Morgan fingerprint density at radius 3 is 2.58 bits per heavy atom. The molecule has 2 heterocycles. The smallest absolute Gasteiger partial charge is 0.308 e. The Balaban J connectivity index is 1.60. The molecule has 2 amide bonds. The fourth-order valence-electron chi connectivity index (χ4n) is 3.53. The number of piperidine rings is 1. The molecule has 2 aliphatic heterocycles. The van der Waals surface area contributed by atoms with E-state index in [2.05, 4.69) is 0 Å². The van der Waals surface area contributed by atoms with E-state index in [1.807, 2.05) is 30.3 Å². The van der Waals surface area contributed by atoms with E-state index in [4.69, 9.17) is 5.11 Å². The van der Waals surface area contributed by atoms with E-state index in [-0.39, 0.29) is 30.7 Å². The summed E-state index contributed by atoms with van der Waals surface area (Å²) in [5.74, 6) is -1.77. The van der Waals surface area contributed by atoms with Crippen LogP contribution in [0.5, 0.6) is 0 Å². The van der Waals surface area contributed by atoms with Crippen molar-refractivity contribution in [3.05, 3.63) is 35.9 Å². The first-order chi connectivity index (χ1) is 11.5. The van der Waals surface area contributed by atoms with Crippen LogP contribution in [0.2, 0.25) is 0 Å². The van der Waals surface area contributed by atoms with E-state index in [1.165, 1.54) is 0 Å². The van der Waals surface area contributed by atoms with Crippen molar-refractivity contribution in [2.45, 2.75) is 25.8 Å². The van der Waals surface area contributed by atoms with Gasteiger partial charge in [0.1, 0.15) is 0 Å². The molecule has 0 bridgehead atoms. The number of amides is 2. The van der Waals surface area contributed by atoms with Crippen molar-refractivity contribution < 1.29 is 19.5 Å². The number of carbonyl (C=O) groups is 3. The van der Waals surface area contributed by atoms with Gasteiger partial charge in [0.25, 0.3) is 0 Å². The van der Waals surface area contributed by atoms with Gasteiger partial charge < -0.3 is 14.9 Å². The van der Waals surface area contributed by atoms with Gasteiger partial charge in [0.15, 0.2) is 0 Å². The van der Waals surface area contributed by atoms with E-state index < -0.39 is 11.9 Å². The third kappa shape index (κ3) is 3.58. The summed E-state index contributed by atoms with van der Waals surface area (Å²) in [6, 6.07) is 9.71. The molecule has 1 aromatic rings. The first kappa shape index (κ1) is 16.5. The molecule has 0 aliphatic carbocycles. The van der Waals surface area contributed by atoms with Crippen LogP contribution in [0.15, 0.2) is 30.3 Å². The van der Waals surface area contributed by atoms with Gasteiger partial charge in [-0.05, 0) is 18.4 Å². The molecule has 0 radical (unpaired) electrons. The Labute approximate surface area is 141 Å². The summed E-state index contributed by atoms with van der Waals surface area (Å²) in [4.78, 5) is 39.4. The highest BCUT2D eigenvalue weighted by Gasteiger charge is 2.38. The fraction of sp³-hybridized carbons (Fsp3) is 0.500. The molecule has 128 valence electrons. The third-order valence-corrected chi connectivity index (χ3v) is 4.86. The highest BCUT2D eigenvalue weighted by molar-refractivity contribution is 5.89. The van der Waals surface area contributed by atoms with Gasteiger partial charge in [0.2, 0.25) is 11.8 Å². The van der Waals surface area contributed by atoms with Gasteiger partial charge in [-0.15, -0.1) is 0 Å². The number of carbonyl (C=O) groups excluding carboxylic acids is 2. The first-order valence-electron chi connectivity index (χ1n) is 8.38. The third-order valence-electron chi connectivity index (χ3n) is 4.86. The molecule has 0 spiro atoms. The van der Waals surface area contributed by atoms with Crippen LogP contribution in [0.1, 0.15) is 24.8 Å². The van der Waals surface area contributed by atoms with E-state index in [0.717, 1.165) is 5.56 Å². The number of hydrogen-bond donors (Lipinski definition) is 1. The minimum atomic E-state index is -0.847. The van der Waals surface area contributed by atoms with Crippen molar-refractivity contribution in [2.24, 2.45) is 11.8 Å². The summed E-state index contributed by atoms with van der Waals surface area (Å²) in [6.45, 7) is 1.78. The molecule has 0 aromatic heterocycles. The second-order valence-corrected chi connectivity index (χ2v) is 6.62. The van der Waals surface area contributed by atoms with Crippen LogP contribution >= 0.6 is 0 Å². The number of likely N-dealkylation sites (tertiary alicyclic amines) is 2.